The van der Waals surface area contributed by atoms with Crippen molar-refractivity contribution in [1.82, 2.24) is 0 Å². The number of hydrogen-bond donors (Lipinski definition) is 6. The topological polar surface area (TPSA) is 121 Å². The average Bonchev–Trinajstić information content (AvgIpc) is 2.87. The van der Waals surface area contributed by atoms with Crippen molar-refractivity contribution in [2.24, 2.45) is 0 Å². The molecule has 0 aliphatic heterocycles. The summed E-state index contributed by atoms with van der Waals surface area (Å²) in [6, 6.07) is 22.7. The second kappa shape index (κ2) is 10.5. The highest BCUT2D eigenvalue weighted by atomic mass is 16.4. The van der Waals surface area contributed by atoms with Gasteiger partial charge in [0.1, 0.15) is 35.9 Å². The van der Waals surface area contributed by atoms with E-state index in [9.17, 15) is 30.6 Å². The van der Waals surface area contributed by atoms with Gasteiger partial charge in [-0.1, -0.05) is 71.8 Å². The molecule has 4 aromatic rings. The van der Waals surface area contributed by atoms with E-state index in [1.165, 1.54) is 12.2 Å². The Morgan fingerprint density at radius 2 is 0.861 bits per heavy atom. The number of aryl methyl sites for hydroxylation is 2. The quantitative estimate of drug-likeness (QED) is 0.213. The summed E-state index contributed by atoms with van der Waals surface area (Å²) in [6.07, 6.45) is -5.15. The van der Waals surface area contributed by atoms with Gasteiger partial charge in [-0.25, -0.2) is 0 Å². The van der Waals surface area contributed by atoms with Crippen LogP contribution in [0.2, 0.25) is 0 Å². The molecular formula is C30H30O6. The molecule has 6 nitrogen and oxygen atoms in total. The standard InChI is InChI=1S/C30H30O6/c1-17-3-7-23-13-19(5-9-21(23)11-17)15-25(31)27(33)29(35)30(36)28(34)26(32)16-20-6-10-22-12-18(2)4-8-24(22)14-20/h3-16,27-36H,1-2H3/t27-,28-,29-,30-/m1/s1. The minimum absolute atomic E-state index is 0.583. The van der Waals surface area contributed by atoms with Crippen LogP contribution in [-0.4, -0.2) is 55.1 Å². The zero-order chi connectivity index (χ0) is 26.0. The van der Waals surface area contributed by atoms with Crippen molar-refractivity contribution < 1.29 is 30.6 Å². The Kier molecular flexibility index (Phi) is 7.43. The van der Waals surface area contributed by atoms with E-state index in [0.29, 0.717) is 11.1 Å². The first-order valence-electron chi connectivity index (χ1n) is 11.7. The molecule has 0 amide bonds. The van der Waals surface area contributed by atoms with E-state index in [4.69, 9.17) is 0 Å². The molecule has 6 N–H and O–H groups in total. The Morgan fingerprint density at radius 3 is 1.25 bits per heavy atom. The van der Waals surface area contributed by atoms with Gasteiger partial charge in [0.05, 0.1) is 0 Å². The molecule has 0 fully saturated rings. The average molecular weight is 487 g/mol. The fourth-order valence-electron chi connectivity index (χ4n) is 4.18. The summed E-state index contributed by atoms with van der Waals surface area (Å²) in [4.78, 5) is 0. The normalized spacial score (nSPS) is 16.2. The third-order valence-corrected chi connectivity index (χ3v) is 6.27. The Morgan fingerprint density at radius 1 is 0.528 bits per heavy atom. The van der Waals surface area contributed by atoms with Crippen LogP contribution in [0.25, 0.3) is 33.7 Å². The predicted molar refractivity (Wildman–Crippen MR) is 143 cm³/mol. The second-order valence-corrected chi connectivity index (χ2v) is 9.23. The zero-order valence-corrected chi connectivity index (χ0v) is 20.1. The van der Waals surface area contributed by atoms with Crippen LogP contribution in [0, 0.1) is 13.8 Å². The van der Waals surface area contributed by atoms with Crippen molar-refractivity contribution in [3.8, 4) is 0 Å². The number of aliphatic hydroxyl groups excluding tert-OH is 6. The minimum atomic E-state index is -1.96. The highest BCUT2D eigenvalue weighted by Gasteiger charge is 2.34. The molecule has 0 saturated heterocycles. The van der Waals surface area contributed by atoms with Crippen LogP contribution < -0.4 is 0 Å². The van der Waals surface area contributed by atoms with Crippen LogP contribution in [0.4, 0.5) is 0 Å². The third-order valence-electron chi connectivity index (χ3n) is 6.27. The van der Waals surface area contributed by atoms with Gasteiger partial charge in [-0.05, 0) is 70.8 Å². The van der Waals surface area contributed by atoms with Crippen LogP contribution in [0.5, 0.6) is 0 Å². The molecule has 0 bridgehead atoms. The van der Waals surface area contributed by atoms with E-state index in [-0.39, 0.29) is 0 Å². The maximum atomic E-state index is 10.4. The molecule has 4 rings (SSSR count). The molecule has 36 heavy (non-hydrogen) atoms. The lowest BCUT2D eigenvalue weighted by molar-refractivity contribution is -0.0996. The molecular weight excluding hydrogens is 456 g/mol. The number of aliphatic hydroxyl groups is 6. The van der Waals surface area contributed by atoms with E-state index in [0.717, 1.165) is 32.7 Å². The van der Waals surface area contributed by atoms with E-state index in [1.54, 1.807) is 12.1 Å². The molecule has 0 saturated carbocycles. The van der Waals surface area contributed by atoms with Gasteiger partial charge in [0.25, 0.3) is 0 Å². The predicted octanol–water partition coefficient (Wildman–Crippen LogP) is 4.55. The molecule has 0 radical (unpaired) electrons. The number of fused-ring (bicyclic) bond motifs is 2. The largest absolute Gasteiger partial charge is 0.509 e. The van der Waals surface area contributed by atoms with Gasteiger partial charge in [0.2, 0.25) is 0 Å². The molecule has 0 unspecified atom stereocenters. The molecule has 0 aromatic heterocycles. The molecule has 0 heterocycles. The molecule has 186 valence electrons. The summed E-state index contributed by atoms with van der Waals surface area (Å²) < 4.78 is 0. The fraction of sp³-hybridized carbons (Fsp3) is 0.200. The Hall–Kier alpha value is -3.68. The van der Waals surface area contributed by atoms with Gasteiger partial charge in [-0.15, -0.1) is 0 Å². The highest BCUT2D eigenvalue weighted by molar-refractivity contribution is 5.86. The van der Waals surface area contributed by atoms with Crippen LogP contribution in [-0.2, 0) is 0 Å². The number of rotatable bonds is 7. The van der Waals surface area contributed by atoms with Gasteiger partial charge < -0.3 is 30.6 Å². The maximum absolute atomic E-state index is 10.4. The first-order valence-corrected chi connectivity index (χ1v) is 11.7. The summed E-state index contributed by atoms with van der Waals surface area (Å²) in [5.41, 5.74) is 3.40. The van der Waals surface area contributed by atoms with Crippen LogP contribution in [0.3, 0.4) is 0 Å². The van der Waals surface area contributed by atoms with Gasteiger partial charge in [0, 0.05) is 0 Å². The molecule has 0 spiro atoms. The smallest absolute Gasteiger partial charge is 0.139 e. The van der Waals surface area contributed by atoms with Crippen LogP contribution in [0.15, 0.2) is 84.3 Å². The van der Waals surface area contributed by atoms with Gasteiger partial charge >= 0.3 is 0 Å². The van der Waals surface area contributed by atoms with E-state index in [1.807, 2.05) is 74.5 Å². The van der Waals surface area contributed by atoms with Crippen LogP contribution >= 0.6 is 0 Å². The summed E-state index contributed by atoms with van der Waals surface area (Å²) in [6.45, 7) is 3.98. The van der Waals surface area contributed by atoms with E-state index < -0.39 is 35.9 Å². The van der Waals surface area contributed by atoms with Crippen molar-refractivity contribution in [3.63, 3.8) is 0 Å². The lowest BCUT2D eigenvalue weighted by atomic mass is 9.98. The van der Waals surface area contributed by atoms with Crippen LogP contribution in [0.1, 0.15) is 22.3 Å². The van der Waals surface area contributed by atoms with Crippen molar-refractivity contribution in [1.29, 1.82) is 0 Å². The molecule has 4 atom stereocenters. The minimum Gasteiger partial charge on any atom is -0.509 e. The number of benzene rings is 4. The SMILES string of the molecule is Cc1ccc2cc(C=C(O)[C@@H](O)[C@@H](O)[C@H](O)[C@H](O)C(O)=Cc3ccc4cc(C)ccc4c3)ccc2c1. The fourth-order valence-corrected chi connectivity index (χ4v) is 4.18. The number of hydrogen-bond acceptors (Lipinski definition) is 6. The lowest BCUT2D eigenvalue weighted by Crippen LogP contribution is -2.45. The summed E-state index contributed by atoms with van der Waals surface area (Å²) in [5.74, 6) is -1.18. The first-order chi connectivity index (χ1) is 17.1. The molecule has 0 aliphatic rings. The molecule has 0 aliphatic carbocycles. The summed E-state index contributed by atoms with van der Waals surface area (Å²) >= 11 is 0. The zero-order valence-electron chi connectivity index (χ0n) is 20.1. The third kappa shape index (κ3) is 5.58. The molecule has 4 aromatic carbocycles. The van der Waals surface area contributed by atoms with Gasteiger partial charge in [0.15, 0.2) is 0 Å². The van der Waals surface area contributed by atoms with Gasteiger partial charge in [-0.2, -0.15) is 0 Å². The van der Waals surface area contributed by atoms with E-state index in [2.05, 4.69) is 0 Å². The van der Waals surface area contributed by atoms with E-state index >= 15 is 0 Å². The van der Waals surface area contributed by atoms with Crippen molar-refractivity contribution >= 4 is 33.7 Å². The highest BCUT2D eigenvalue weighted by Crippen LogP contribution is 2.23. The van der Waals surface area contributed by atoms with Crippen molar-refractivity contribution in [2.45, 2.75) is 38.3 Å². The van der Waals surface area contributed by atoms with Crippen molar-refractivity contribution in [3.05, 3.63) is 107 Å². The Bertz CT molecular complexity index is 1340. The second-order valence-electron chi connectivity index (χ2n) is 9.23. The monoisotopic (exact) mass is 486 g/mol. The first kappa shape index (κ1) is 25.4. The Labute approximate surface area is 209 Å². The summed E-state index contributed by atoms with van der Waals surface area (Å²) in [5, 5.41) is 66.2. The molecule has 6 heteroatoms. The summed E-state index contributed by atoms with van der Waals surface area (Å²) in [7, 11) is 0. The Balaban J connectivity index is 1.48. The maximum Gasteiger partial charge on any atom is 0.139 e. The van der Waals surface area contributed by atoms with Gasteiger partial charge in [-0.3, -0.25) is 0 Å². The lowest BCUT2D eigenvalue weighted by Gasteiger charge is -2.26. The van der Waals surface area contributed by atoms with Crippen molar-refractivity contribution in [2.75, 3.05) is 0 Å².